The van der Waals surface area contributed by atoms with Gasteiger partial charge in [-0.3, -0.25) is 0 Å². The summed E-state index contributed by atoms with van der Waals surface area (Å²) in [6.45, 7) is 0. The Balaban J connectivity index is 2.46. The van der Waals surface area contributed by atoms with Crippen molar-refractivity contribution in [2.45, 2.75) is 11.6 Å². The van der Waals surface area contributed by atoms with Crippen LogP contribution in [0, 0.1) is 0 Å². The van der Waals surface area contributed by atoms with Crippen molar-refractivity contribution in [3.63, 3.8) is 0 Å². The van der Waals surface area contributed by atoms with Crippen LogP contribution < -0.4 is 0 Å². The lowest BCUT2D eigenvalue weighted by Crippen LogP contribution is -2.44. The third kappa shape index (κ3) is 3.47. The minimum atomic E-state index is -4.90. The van der Waals surface area contributed by atoms with Gasteiger partial charge in [-0.15, -0.1) is 0 Å². The number of halogens is 3. The zero-order valence-corrected chi connectivity index (χ0v) is 14.9. The van der Waals surface area contributed by atoms with E-state index < -0.39 is 23.5 Å². The first-order valence-corrected chi connectivity index (χ1v) is 8.48. The third-order valence-electron chi connectivity index (χ3n) is 4.72. The number of carbonyl (C=O) groups is 2. The molecule has 0 atom stereocenters. The van der Waals surface area contributed by atoms with Crippen LogP contribution in [0.25, 0.3) is 0 Å². The molecule has 0 spiro atoms. The zero-order valence-electron chi connectivity index (χ0n) is 14.9. The van der Waals surface area contributed by atoms with Crippen LogP contribution in [0.2, 0.25) is 0 Å². The molecule has 0 aliphatic heterocycles. The lowest BCUT2D eigenvalue weighted by atomic mass is 9.68. The van der Waals surface area contributed by atoms with Gasteiger partial charge in [0.15, 0.2) is 0 Å². The van der Waals surface area contributed by atoms with Crippen LogP contribution in [0.4, 0.5) is 13.2 Å². The average molecular weight is 400 g/mol. The molecule has 3 aromatic rings. The van der Waals surface area contributed by atoms with Gasteiger partial charge in [0.1, 0.15) is 5.41 Å². The summed E-state index contributed by atoms with van der Waals surface area (Å²) >= 11 is 0. The Morgan fingerprint density at radius 1 is 0.621 bits per heavy atom. The Labute approximate surface area is 163 Å². The highest BCUT2D eigenvalue weighted by Crippen LogP contribution is 2.51. The molecule has 2 N–H and O–H groups in total. The fourth-order valence-electron chi connectivity index (χ4n) is 3.45. The monoisotopic (exact) mass is 400 g/mol. The van der Waals surface area contributed by atoms with E-state index in [-0.39, 0.29) is 27.8 Å². The van der Waals surface area contributed by atoms with E-state index in [0.717, 1.165) is 12.1 Å². The Bertz CT molecular complexity index is 1000. The summed E-state index contributed by atoms with van der Waals surface area (Å²) in [5.74, 6) is -2.73. The highest BCUT2D eigenvalue weighted by molar-refractivity contribution is 5.89. The van der Waals surface area contributed by atoms with E-state index in [4.69, 9.17) is 0 Å². The Morgan fingerprint density at radius 2 is 1.03 bits per heavy atom. The van der Waals surface area contributed by atoms with Crippen molar-refractivity contribution >= 4 is 11.9 Å². The van der Waals surface area contributed by atoms with Crippen LogP contribution in [0.15, 0.2) is 78.9 Å². The van der Waals surface area contributed by atoms with Crippen molar-refractivity contribution in [3.05, 3.63) is 107 Å². The molecular weight excluding hydrogens is 385 g/mol. The van der Waals surface area contributed by atoms with Gasteiger partial charge in [-0.25, -0.2) is 9.59 Å². The van der Waals surface area contributed by atoms with E-state index in [1.54, 1.807) is 6.07 Å². The molecule has 0 fully saturated rings. The summed E-state index contributed by atoms with van der Waals surface area (Å²) in [5, 5.41) is 18.6. The fourth-order valence-corrected chi connectivity index (χ4v) is 3.45. The number of carboxylic acid groups (broad SMARTS) is 2. The van der Waals surface area contributed by atoms with E-state index in [9.17, 15) is 33.0 Å². The molecule has 29 heavy (non-hydrogen) atoms. The maximum atomic E-state index is 14.8. The second-order valence-electron chi connectivity index (χ2n) is 6.39. The summed E-state index contributed by atoms with van der Waals surface area (Å²) < 4.78 is 44.4. The highest BCUT2D eigenvalue weighted by atomic mass is 19.4. The van der Waals surface area contributed by atoms with Crippen LogP contribution in [-0.4, -0.2) is 28.3 Å². The maximum absolute atomic E-state index is 14.8. The molecule has 0 radical (unpaired) electrons. The molecule has 0 amide bonds. The molecule has 3 rings (SSSR count). The van der Waals surface area contributed by atoms with Crippen molar-refractivity contribution in [2.24, 2.45) is 0 Å². The number of benzene rings is 3. The molecular formula is C22H15F3O4. The number of rotatable bonds is 5. The lowest BCUT2D eigenvalue weighted by Gasteiger charge is -2.37. The number of hydrogen-bond donors (Lipinski definition) is 2. The molecule has 0 heterocycles. The van der Waals surface area contributed by atoms with Gasteiger partial charge < -0.3 is 10.2 Å². The maximum Gasteiger partial charge on any atom is 0.406 e. The van der Waals surface area contributed by atoms with Gasteiger partial charge in [0.2, 0.25) is 0 Å². The van der Waals surface area contributed by atoms with Gasteiger partial charge in [0.25, 0.3) is 0 Å². The molecule has 0 aromatic heterocycles. The molecule has 148 valence electrons. The molecule has 0 bridgehead atoms. The lowest BCUT2D eigenvalue weighted by molar-refractivity contribution is -0.166. The van der Waals surface area contributed by atoms with Crippen LogP contribution in [0.5, 0.6) is 0 Å². The molecule has 3 aromatic carbocycles. The first-order chi connectivity index (χ1) is 13.7. The molecule has 0 saturated heterocycles. The highest BCUT2D eigenvalue weighted by Gasteiger charge is 2.58. The van der Waals surface area contributed by atoms with Gasteiger partial charge >= 0.3 is 18.1 Å². The summed E-state index contributed by atoms with van der Waals surface area (Å²) in [6.07, 6.45) is -4.90. The second kappa shape index (κ2) is 7.43. The van der Waals surface area contributed by atoms with Gasteiger partial charge in [-0.2, -0.15) is 13.2 Å². The van der Waals surface area contributed by atoms with Crippen molar-refractivity contribution in [1.29, 1.82) is 0 Å². The summed E-state index contributed by atoms with van der Waals surface area (Å²) in [6, 6.07) is 16.2. The quantitative estimate of drug-likeness (QED) is 0.593. The van der Waals surface area contributed by atoms with Crippen molar-refractivity contribution < 1.29 is 33.0 Å². The van der Waals surface area contributed by atoms with Crippen LogP contribution in [0.1, 0.15) is 37.4 Å². The standard InChI is InChI=1S/C22H15F3O4/c23-22(24,25)21(16-8-2-1-3-9-16,17-10-4-6-14(12-17)19(26)27)18-11-5-7-15(13-18)20(28)29/h1-13H,(H,26,27)(H,28,29). The SMILES string of the molecule is O=C(O)c1cccc(C(c2ccccc2)(c2cccc(C(=O)O)c2)C(F)(F)F)c1. The molecule has 0 aliphatic rings. The summed E-state index contributed by atoms with van der Waals surface area (Å²) in [5.41, 5.74) is -4.16. The minimum absolute atomic E-state index is 0.155. The number of hydrogen-bond acceptors (Lipinski definition) is 2. The first kappa shape index (κ1) is 20.1. The summed E-state index contributed by atoms with van der Waals surface area (Å²) in [7, 11) is 0. The molecule has 0 saturated carbocycles. The predicted molar refractivity (Wildman–Crippen MR) is 99.2 cm³/mol. The van der Waals surface area contributed by atoms with Gasteiger partial charge in [-0.1, -0.05) is 54.6 Å². The smallest absolute Gasteiger partial charge is 0.406 e. The fraction of sp³-hybridized carbons (Fsp3) is 0.0909. The third-order valence-corrected chi connectivity index (χ3v) is 4.72. The topological polar surface area (TPSA) is 74.6 Å². The van der Waals surface area contributed by atoms with E-state index in [1.165, 1.54) is 60.7 Å². The average Bonchev–Trinajstić information content (AvgIpc) is 2.69. The Hall–Kier alpha value is -3.61. The van der Waals surface area contributed by atoms with Crippen molar-refractivity contribution in [2.75, 3.05) is 0 Å². The number of carboxylic acids is 2. The van der Waals surface area contributed by atoms with E-state index in [0.29, 0.717) is 0 Å². The van der Waals surface area contributed by atoms with E-state index >= 15 is 0 Å². The predicted octanol–water partition coefficient (Wildman–Crippen LogP) is 4.98. The first-order valence-electron chi connectivity index (χ1n) is 8.48. The van der Waals surface area contributed by atoms with Gasteiger partial charge in [0.05, 0.1) is 11.1 Å². The number of aromatic carboxylic acids is 2. The molecule has 0 aliphatic carbocycles. The largest absolute Gasteiger partial charge is 0.478 e. The van der Waals surface area contributed by atoms with Gasteiger partial charge in [-0.05, 0) is 41.0 Å². The van der Waals surface area contributed by atoms with E-state index in [2.05, 4.69) is 0 Å². The summed E-state index contributed by atoms with van der Waals surface area (Å²) in [4.78, 5) is 22.8. The van der Waals surface area contributed by atoms with Crippen LogP contribution >= 0.6 is 0 Å². The van der Waals surface area contributed by atoms with Crippen molar-refractivity contribution in [3.8, 4) is 0 Å². The van der Waals surface area contributed by atoms with Crippen LogP contribution in [-0.2, 0) is 5.41 Å². The zero-order chi connectivity index (χ0) is 21.2. The Morgan fingerprint density at radius 3 is 1.41 bits per heavy atom. The molecule has 4 nitrogen and oxygen atoms in total. The Kier molecular flexibility index (Phi) is 5.16. The molecule has 0 unspecified atom stereocenters. The van der Waals surface area contributed by atoms with Crippen molar-refractivity contribution in [1.82, 2.24) is 0 Å². The normalized spacial score (nSPS) is 11.8. The number of alkyl halides is 3. The minimum Gasteiger partial charge on any atom is -0.478 e. The van der Waals surface area contributed by atoms with Gasteiger partial charge in [0, 0.05) is 0 Å². The molecule has 7 heteroatoms. The van der Waals surface area contributed by atoms with E-state index in [1.807, 2.05) is 0 Å². The second-order valence-corrected chi connectivity index (χ2v) is 6.39. The van der Waals surface area contributed by atoms with Crippen LogP contribution in [0.3, 0.4) is 0 Å².